The van der Waals surface area contributed by atoms with Crippen molar-refractivity contribution in [3.05, 3.63) is 28.0 Å². The van der Waals surface area contributed by atoms with E-state index in [-0.39, 0.29) is 6.04 Å². The zero-order valence-corrected chi connectivity index (χ0v) is 12.4. The van der Waals surface area contributed by atoms with Gasteiger partial charge in [-0.1, -0.05) is 30.1 Å². The molecule has 0 spiro atoms. The Hall–Kier alpha value is -0.770. The van der Waals surface area contributed by atoms with E-state index in [2.05, 4.69) is 11.5 Å². The molecule has 0 radical (unpaired) electrons. The number of hydrogen-bond acceptors (Lipinski definition) is 2. The summed E-state index contributed by atoms with van der Waals surface area (Å²) >= 11 is 12.2. The molecule has 1 heterocycles. The third-order valence-electron chi connectivity index (χ3n) is 3.70. The van der Waals surface area contributed by atoms with Crippen LogP contribution in [0.3, 0.4) is 0 Å². The Morgan fingerprint density at radius 3 is 2.68 bits per heavy atom. The van der Waals surface area contributed by atoms with Crippen LogP contribution >= 0.6 is 23.2 Å². The average molecular weight is 298 g/mol. The molecule has 1 aromatic carbocycles. The Kier molecular flexibility index (Phi) is 3.46. The third-order valence-corrected chi connectivity index (χ3v) is 4.43. The Morgan fingerprint density at radius 2 is 2.05 bits per heavy atom. The van der Waals surface area contributed by atoms with Gasteiger partial charge in [-0.3, -0.25) is 0 Å². The van der Waals surface area contributed by atoms with Gasteiger partial charge in [-0.2, -0.15) is 0 Å². The van der Waals surface area contributed by atoms with Gasteiger partial charge in [-0.25, -0.2) is 4.98 Å². The number of benzene rings is 1. The summed E-state index contributed by atoms with van der Waals surface area (Å²) in [6, 6.07) is 3.89. The van der Waals surface area contributed by atoms with E-state index in [4.69, 9.17) is 33.9 Å². The quantitative estimate of drug-likeness (QED) is 0.928. The molecule has 1 aliphatic carbocycles. The highest BCUT2D eigenvalue weighted by Gasteiger charge is 2.30. The minimum atomic E-state index is 0.143. The molecule has 0 saturated heterocycles. The zero-order chi connectivity index (χ0) is 13.6. The van der Waals surface area contributed by atoms with Crippen molar-refractivity contribution in [1.29, 1.82) is 0 Å². The van der Waals surface area contributed by atoms with Crippen molar-refractivity contribution in [3.8, 4) is 0 Å². The highest BCUT2D eigenvalue weighted by molar-refractivity contribution is 6.42. The van der Waals surface area contributed by atoms with E-state index in [9.17, 15) is 0 Å². The maximum absolute atomic E-state index is 6.13. The lowest BCUT2D eigenvalue weighted by molar-refractivity contribution is 0.533. The van der Waals surface area contributed by atoms with Crippen molar-refractivity contribution >= 4 is 34.2 Å². The maximum atomic E-state index is 6.13. The molecule has 1 saturated carbocycles. The highest BCUT2D eigenvalue weighted by Crippen LogP contribution is 2.41. The first-order valence-electron chi connectivity index (χ1n) is 6.71. The number of hydrogen-bond donors (Lipinski definition) is 1. The molecule has 0 amide bonds. The van der Waals surface area contributed by atoms with Crippen LogP contribution in [0.5, 0.6) is 0 Å². The van der Waals surface area contributed by atoms with Crippen LogP contribution in [0.2, 0.25) is 10.0 Å². The Bertz CT molecular complexity index is 617. The first kappa shape index (κ1) is 13.2. The molecule has 1 fully saturated rings. The normalized spacial score (nSPS) is 17.1. The van der Waals surface area contributed by atoms with Gasteiger partial charge < -0.3 is 10.3 Å². The smallest absolute Gasteiger partial charge is 0.113 e. The molecule has 2 N–H and O–H groups in total. The molecule has 5 heteroatoms. The number of rotatable bonds is 4. The summed E-state index contributed by atoms with van der Waals surface area (Å²) in [6.45, 7) is 2.89. The van der Waals surface area contributed by atoms with Gasteiger partial charge in [0.2, 0.25) is 0 Å². The number of nitrogens with two attached hydrogens (primary N) is 1. The fourth-order valence-corrected chi connectivity index (χ4v) is 2.66. The van der Waals surface area contributed by atoms with Crippen LogP contribution in [0.4, 0.5) is 0 Å². The van der Waals surface area contributed by atoms with E-state index in [0.29, 0.717) is 16.0 Å². The molecule has 1 atom stereocenters. The second-order valence-corrected chi connectivity index (χ2v) is 6.09. The first-order chi connectivity index (χ1) is 9.10. The maximum Gasteiger partial charge on any atom is 0.113 e. The summed E-state index contributed by atoms with van der Waals surface area (Å²) in [7, 11) is 0. The molecule has 0 bridgehead atoms. The zero-order valence-electron chi connectivity index (χ0n) is 10.9. The Labute approximate surface area is 122 Å². The molecule has 1 aromatic heterocycles. The Morgan fingerprint density at radius 1 is 1.37 bits per heavy atom. The van der Waals surface area contributed by atoms with E-state index < -0.39 is 0 Å². The van der Waals surface area contributed by atoms with Crippen molar-refractivity contribution in [2.24, 2.45) is 5.73 Å². The molecular formula is C14H17Cl2N3. The van der Waals surface area contributed by atoms with E-state index in [0.717, 1.165) is 29.8 Å². The number of halogens is 2. The number of fused-ring (bicyclic) bond motifs is 1. The highest BCUT2D eigenvalue weighted by atomic mass is 35.5. The van der Waals surface area contributed by atoms with Crippen LogP contribution in [-0.4, -0.2) is 15.6 Å². The van der Waals surface area contributed by atoms with Gasteiger partial charge in [0.05, 0.1) is 21.1 Å². The average Bonchev–Trinajstić information content (AvgIpc) is 3.17. The molecule has 2 aromatic rings. The van der Waals surface area contributed by atoms with Crippen LogP contribution < -0.4 is 5.73 Å². The van der Waals surface area contributed by atoms with Gasteiger partial charge >= 0.3 is 0 Å². The third kappa shape index (κ3) is 2.47. The lowest BCUT2D eigenvalue weighted by Crippen LogP contribution is -2.26. The lowest BCUT2D eigenvalue weighted by Gasteiger charge is -2.13. The van der Waals surface area contributed by atoms with Crippen LogP contribution in [0.25, 0.3) is 11.0 Å². The topological polar surface area (TPSA) is 43.8 Å². The molecule has 19 heavy (non-hydrogen) atoms. The molecule has 3 rings (SSSR count). The Balaban J connectivity index is 2.14. The van der Waals surface area contributed by atoms with E-state index in [1.807, 2.05) is 12.1 Å². The van der Waals surface area contributed by atoms with Crippen LogP contribution in [0.1, 0.15) is 37.9 Å². The first-order valence-corrected chi connectivity index (χ1v) is 7.46. The minimum Gasteiger partial charge on any atom is -0.326 e. The van der Waals surface area contributed by atoms with Gasteiger partial charge in [0.25, 0.3) is 0 Å². The van der Waals surface area contributed by atoms with Crippen LogP contribution in [-0.2, 0) is 6.54 Å². The summed E-state index contributed by atoms with van der Waals surface area (Å²) in [5.74, 6) is 1.71. The second kappa shape index (κ2) is 4.97. The number of imidazole rings is 1. The fraction of sp³-hybridized carbons (Fsp3) is 0.500. The molecule has 3 nitrogen and oxygen atoms in total. The number of nitrogens with zero attached hydrogens (tertiary/aromatic N) is 2. The van der Waals surface area contributed by atoms with Crippen LogP contribution in [0, 0.1) is 0 Å². The van der Waals surface area contributed by atoms with Gasteiger partial charge in [-0.15, -0.1) is 0 Å². The van der Waals surface area contributed by atoms with Gasteiger partial charge in [0.1, 0.15) is 5.82 Å². The van der Waals surface area contributed by atoms with Crippen molar-refractivity contribution in [2.45, 2.75) is 44.7 Å². The SMILES string of the molecule is CCC(N)Cn1c(C2CC2)nc2cc(Cl)c(Cl)cc21. The fourth-order valence-electron chi connectivity index (χ4n) is 2.35. The summed E-state index contributed by atoms with van der Waals surface area (Å²) in [5, 5.41) is 1.13. The van der Waals surface area contributed by atoms with Crippen LogP contribution in [0.15, 0.2) is 12.1 Å². The van der Waals surface area contributed by atoms with E-state index in [1.54, 1.807) is 0 Å². The summed E-state index contributed by atoms with van der Waals surface area (Å²) in [4.78, 5) is 4.73. The van der Waals surface area contributed by atoms with Crippen molar-refractivity contribution in [1.82, 2.24) is 9.55 Å². The van der Waals surface area contributed by atoms with Crippen molar-refractivity contribution in [2.75, 3.05) is 0 Å². The van der Waals surface area contributed by atoms with Gasteiger partial charge in [0.15, 0.2) is 0 Å². The molecule has 1 unspecified atom stereocenters. The number of aromatic nitrogens is 2. The predicted octanol–water partition coefficient (Wildman–Crippen LogP) is 3.96. The molecule has 102 valence electrons. The second-order valence-electron chi connectivity index (χ2n) is 5.28. The van der Waals surface area contributed by atoms with E-state index in [1.165, 1.54) is 12.8 Å². The largest absolute Gasteiger partial charge is 0.326 e. The molecule has 1 aliphatic rings. The van der Waals surface area contributed by atoms with Crippen molar-refractivity contribution < 1.29 is 0 Å². The minimum absolute atomic E-state index is 0.143. The van der Waals surface area contributed by atoms with Gasteiger partial charge in [0, 0.05) is 18.5 Å². The summed E-state index contributed by atoms with van der Waals surface area (Å²) < 4.78 is 2.23. The summed E-state index contributed by atoms with van der Waals surface area (Å²) in [6.07, 6.45) is 3.38. The summed E-state index contributed by atoms with van der Waals surface area (Å²) in [5.41, 5.74) is 8.06. The van der Waals surface area contributed by atoms with Gasteiger partial charge in [-0.05, 0) is 31.4 Å². The monoisotopic (exact) mass is 297 g/mol. The standard InChI is InChI=1S/C14H17Cl2N3/c1-2-9(17)7-19-13-6-11(16)10(15)5-12(13)18-14(19)8-3-4-8/h5-6,8-9H,2-4,7,17H2,1H3. The molecular weight excluding hydrogens is 281 g/mol. The predicted molar refractivity (Wildman–Crippen MR) is 80.0 cm³/mol. The lowest BCUT2D eigenvalue weighted by atomic mass is 10.2. The van der Waals surface area contributed by atoms with E-state index >= 15 is 0 Å². The van der Waals surface area contributed by atoms with Crippen molar-refractivity contribution in [3.63, 3.8) is 0 Å². The molecule has 0 aliphatic heterocycles.